The van der Waals surface area contributed by atoms with Crippen molar-refractivity contribution < 1.29 is 9.53 Å². The van der Waals surface area contributed by atoms with Gasteiger partial charge < -0.3 is 15.0 Å². The van der Waals surface area contributed by atoms with Crippen LogP contribution in [-0.2, 0) is 9.53 Å². The lowest BCUT2D eigenvalue weighted by molar-refractivity contribution is -0.148. The van der Waals surface area contributed by atoms with Crippen molar-refractivity contribution in [2.45, 2.75) is 19.8 Å². The van der Waals surface area contributed by atoms with Crippen LogP contribution in [0.1, 0.15) is 19.8 Å². The molecule has 1 aliphatic rings. The minimum atomic E-state index is -0.0706. The predicted molar refractivity (Wildman–Crippen MR) is 73.1 cm³/mol. The highest BCUT2D eigenvalue weighted by Crippen LogP contribution is 2.22. The Morgan fingerprint density at radius 3 is 2.68 bits per heavy atom. The molecule has 0 saturated carbocycles. The van der Waals surface area contributed by atoms with Crippen molar-refractivity contribution in [3.8, 4) is 0 Å². The Morgan fingerprint density at radius 1 is 1.42 bits per heavy atom. The quantitative estimate of drug-likeness (QED) is 0.827. The topological polar surface area (TPSA) is 67.3 Å². The van der Waals surface area contributed by atoms with E-state index in [0.717, 1.165) is 37.6 Å². The molecule has 1 aromatic heterocycles. The molecule has 19 heavy (non-hydrogen) atoms. The van der Waals surface area contributed by atoms with Gasteiger partial charge in [-0.1, -0.05) is 0 Å². The molecule has 1 aromatic rings. The first-order valence-electron chi connectivity index (χ1n) is 6.67. The Kier molecular flexibility index (Phi) is 4.54. The zero-order valence-electron chi connectivity index (χ0n) is 11.4. The van der Waals surface area contributed by atoms with Gasteiger partial charge in [0.15, 0.2) is 5.82 Å². The van der Waals surface area contributed by atoms with Gasteiger partial charge in [0.2, 0.25) is 0 Å². The van der Waals surface area contributed by atoms with Crippen LogP contribution in [0, 0.1) is 5.92 Å². The van der Waals surface area contributed by atoms with E-state index in [-0.39, 0.29) is 11.9 Å². The minimum Gasteiger partial charge on any atom is -0.466 e. The fraction of sp³-hybridized carbons (Fsp3) is 0.615. The summed E-state index contributed by atoms with van der Waals surface area (Å²) in [4.78, 5) is 13.8. The van der Waals surface area contributed by atoms with Crippen molar-refractivity contribution in [3.05, 3.63) is 12.1 Å². The van der Waals surface area contributed by atoms with Gasteiger partial charge in [0.05, 0.1) is 12.5 Å². The lowest BCUT2D eigenvalue weighted by Gasteiger charge is -2.31. The van der Waals surface area contributed by atoms with Crippen LogP contribution in [-0.4, -0.2) is 42.9 Å². The second-order valence-corrected chi connectivity index (χ2v) is 4.54. The van der Waals surface area contributed by atoms with Gasteiger partial charge >= 0.3 is 5.97 Å². The van der Waals surface area contributed by atoms with E-state index in [0.29, 0.717) is 6.61 Å². The van der Waals surface area contributed by atoms with Crippen LogP contribution in [0.5, 0.6) is 0 Å². The monoisotopic (exact) mass is 264 g/mol. The summed E-state index contributed by atoms with van der Waals surface area (Å²) in [6.45, 7) is 3.93. The number of hydrogen-bond acceptors (Lipinski definition) is 6. The molecule has 2 heterocycles. The van der Waals surface area contributed by atoms with Crippen LogP contribution in [0.15, 0.2) is 12.1 Å². The van der Waals surface area contributed by atoms with Crippen molar-refractivity contribution in [2.24, 2.45) is 5.92 Å². The van der Waals surface area contributed by atoms with E-state index in [2.05, 4.69) is 20.4 Å². The number of ether oxygens (including phenoxy) is 1. The first kappa shape index (κ1) is 13.6. The lowest BCUT2D eigenvalue weighted by atomic mass is 9.97. The standard InChI is InChI=1S/C13H20N4O2/c1-3-19-13(18)10-6-8-17(9-7-10)12-5-4-11(14-2)15-16-12/h4-5,10H,3,6-9H2,1-2H3,(H,14,15). The smallest absolute Gasteiger partial charge is 0.309 e. The molecule has 0 atom stereocenters. The van der Waals surface area contributed by atoms with Crippen molar-refractivity contribution in [1.82, 2.24) is 10.2 Å². The average Bonchev–Trinajstić information content (AvgIpc) is 2.48. The number of nitrogens with one attached hydrogen (secondary N) is 1. The maximum atomic E-state index is 11.6. The largest absolute Gasteiger partial charge is 0.466 e. The molecule has 1 fully saturated rings. The molecular formula is C13H20N4O2. The van der Waals surface area contributed by atoms with E-state index < -0.39 is 0 Å². The van der Waals surface area contributed by atoms with Crippen LogP contribution in [0.4, 0.5) is 11.6 Å². The zero-order chi connectivity index (χ0) is 13.7. The SMILES string of the molecule is CCOC(=O)C1CCN(c2ccc(NC)nn2)CC1. The molecule has 0 bridgehead atoms. The highest BCUT2D eigenvalue weighted by Gasteiger charge is 2.26. The van der Waals surface area contributed by atoms with Crippen molar-refractivity contribution >= 4 is 17.6 Å². The van der Waals surface area contributed by atoms with Gasteiger partial charge in [-0.05, 0) is 31.9 Å². The Labute approximate surface area is 113 Å². The van der Waals surface area contributed by atoms with E-state index >= 15 is 0 Å². The van der Waals surface area contributed by atoms with E-state index in [1.54, 1.807) is 0 Å². The van der Waals surface area contributed by atoms with Gasteiger partial charge in [-0.2, -0.15) is 0 Å². The highest BCUT2D eigenvalue weighted by molar-refractivity contribution is 5.72. The summed E-state index contributed by atoms with van der Waals surface area (Å²) in [7, 11) is 1.81. The maximum absolute atomic E-state index is 11.6. The molecule has 0 unspecified atom stereocenters. The Balaban J connectivity index is 1.90. The highest BCUT2D eigenvalue weighted by atomic mass is 16.5. The van der Waals surface area contributed by atoms with Crippen LogP contribution in [0.3, 0.4) is 0 Å². The number of anilines is 2. The van der Waals surface area contributed by atoms with Crippen LogP contribution >= 0.6 is 0 Å². The van der Waals surface area contributed by atoms with Gasteiger partial charge in [0.25, 0.3) is 0 Å². The maximum Gasteiger partial charge on any atom is 0.309 e. The molecule has 6 heteroatoms. The van der Waals surface area contributed by atoms with Gasteiger partial charge in [0, 0.05) is 20.1 Å². The number of rotatable bonds is 4. The van der Waals surface area contributed by atoms with E-state index in [9.17, 15) is 4.79 Å². The molecule has 0 aliphatic carbocycles. The average molecular weight is 264 g/mol. The summed E-state index contributed by atoms with van der Waals surface area (Å²) in [6.07, 6.45) is 1.63. The third-order valence-electron chi connectivity index (χ3n) is 3.35. The summed E-state index contributed by atoms with van der Waals surface area (Å²) >= 11 is 0. The molecule has 0 spiro atoms. The molecule has 1 N–H and O–H groups in total. The van der Waals surface area contributed by atoms with E-state index in [1.165, 1.54) is 0 Å². The summed E-state index contributed by atoms with van der Waals surface area (Å²) in [5, 5.41) is 11.2. The molecule has 104 valence electrons. The molecule has 1 saturated heterocycles. The van der Waals surface area contributed by atoms with Crippen LogP contribution < -0.4 is 10.2 Å². The zero-order valence-corrected chi connectivity index (χ0v) is 11.4. The fourth-order valence-electron chi connectivity index (χ4n) is 2.23. The molecule has 2 rings (SSSR count). The summed E-state index contributed by atoms with van der Waals surface area (Å²) in [5.74, 6) is 1.57. The van der Waals surface area contributed by atoms with E-state index in [1.807, 2.05) is 26.1 Å². The molecule has 0 amide bonds. The number of hydrogen-bond donors (Lipinski definition) is 1. The predicted octanol–water partition coefficient (Wildman–Crippen LogP) is 1.30. The molecular weight excluding hydrogens is 244 g/mol. The third kappa shape index (κ3) is 3.33. The number of piperidine rings is 1. The summed E-state index contributed by atoms with van der Waals surface area (Å²) in [6, 6.07) is 3.85. The van der Waals surface area contributed by atoms with Crippen LogP contribution in [0.25, 0.3) is 0 Å². The molecule has 0 aromatic carbocycles. The first-order chi connectivity index (χ1) is 9.24. The first-order valence-corrected chi connectivity index (χ1v) is 6.67. The second kappa shape index (κ2) is 6.36. The third-order valence-corrected chi connectivity index (χ3v) is 3.35. The second-order valence-electron chi connectivity index (χ2n) is 4.54. The van der Waals surface area contributed by atoms with Gasteiger partial charge in [-0.3, -0.25) is 4.79 Å². The molecule has 6 nitrogen and oxygen atoms in total. The number of carbonyl (C=O) groups excluding carboxylic acids is 1. The van der Waals surface area contributed by atoms with Gasteiger partial charge in [-0.15, -0.1) is 10.2 Å². The Hall–Kier alpha value is -1.85. The number of nitrogens with zero attached hydrogens (tertiary/aromatic N) is 3. The molecule has 1 aliphatic heterocycles. The lowest BCUT2D eigenvalue weighted by Crippen LogP contribution is -2.37. The van der Waals surface area contributed by atoms with Crippen molar-refractivity contribution in [2.75, 3.05) is 37.0 Å². The normalized spacial score (nSPS) is 16.2. The van der Waals surface area contributed by atoms with Crippen molar-refractivity contribution in [1.29, 1.82) is 0 Å². The molecule has 0 radical (unpaired) electrons. The van der Waals surface area contributed by atoms with Crippen LogP contribution in [0.2, 0.25) is 0 Å². The Bertz CT molecular complexity index is 413. The van der Waals surface area contributed by atoms with Gasteiger partial charge in [-0.25, -0.2) is 0 Å². The summed E-state index contributed by atoms with van der Waals surface area (Å²) in [5.41, 5.74) is 0. The van der Waals surface area contributed by atoms with Gasteiger partial charge in [0.1, 0.15) is 5.82 Å². The fourth-order valence-corrected chi connectivity index (χ4v) is 2.23. The Morgan fingerprint density at radius 2 is 2.16 bits per heavy atom. The summed E-state index contributed by atoms with van der Waals surface area (Å²) < 4.78 is 5.06. The number of esters is 1. The van der Waals surface area contributed by atoms with E-state index in [4.69, 9.17) is 4.74 Å². The minimum absolute atomic E-state index is 0.0285. The number of carbonyl (C=O) groups is 1. The number of aromatic nitrogens is 2. The van der Waals surface area contributed by atoms with Crippen molar-refractivity contribution in [3.63, 3.8) is 0 Å².